The highest BCUT2D eigenvalue weighted by Crippen LogP contribution is 2.17. The molecule has 1 aromatic rings. The second-order valence-corrected chi connectivity index (χ2v) is 6.77. The molecule has 2 fully saturated rings. The number of hydrogen-bond acceptors (Lipinski definition) is 5. The minimum atomic E-state index is -0.379. The molecule has 2 amide bonds. The summed E-state index contributed by atoms with van der Waals surface area (Å²) in [5, 5.41) is 9.90. The molecule has 3 heterocycles. The molecule has 0 spiro atoms. The van der Waals surface area contributed by atoms with E-state index in [0.29, 0.717) is 19.0 Å². The van der Waals surface area contributed by atoms with E-state index in [4.69, 9.17) is 0 Å². The molecule has 0 aliphatic carbocycles. The third kappa shape index (κ3) is 4.77. The Labute approximate surface area is 142 Å². The predicted molar refractivity (Wildman–Crippen MR) is 88.0 cm³/mol. The summed E-state index contributed by atoms with van der Waals surface area (Å²) < 4.78 is 1.85. The zero-order valence-electron chi connectivity index (χ0n) is 14.0. The van der Waals surface area contributed by atoms with E-state index in [1.807, 2.05) is 4.68 Å². The summed E-state index contributed by atoms with van der Waals surface area (Å²) in [5.41, 5.74) is 0. The molecule has 2 N–H and O–H groups in total. The average molecular weight is 334 g/mol. The Kier molecular flexibility index (Phi) is 5.79. The predicted octanol–water partition coefficient (Wildman–Crippen LogP) is -0.225. The summed E-state index contributed by atoms with van der Waals surface area (Å²) in [4.78, 5) is 30.4. The second kappa shape index (κ2) is 8.23. The summed E-state index contributed by atoms with van der Waals surface area (Å²) in [5.74, 6) is 0.372. The number of carbonyl (C=O) groups excluding carboxylic acids is 2. The smallest absolute Gasteiger partial charge is 0.242 e. The fraction of sp³-hybridized carbons (Fsp3) is 0.750. The lowest BCUT2D eigenvalue weighted by molar-refractivity contribution is -0.129. The fourth-order valence-corrected chi connectivity index (χ4v) is 3.56. The van der Waals surface area contributed by atoms with Gasteiger partial charge in [-0.15, -0.1) is 0 Å². The van der Waals surface area contributed by atoms with Gasteiger partial charge in [0.2, 0.25) is 11.8 Å². The Hall–Kier alpha value is -1.96. The molecule has 2 aliphatic rings. The molecule has 2 saturated heterocycles. The quantitative estimate of drug-likeness (QED) is 0.776. The van der Waals surface area contributed by atoms with Crippen molar-refractivity contribution in [3.05, 3.63) is 12.7 Å². The first-order valence-electron chi connectivity index (χ1n) is 8.82. The Balaban J connectivity index is 1.45. The van der Waals surface area contributed by atoms with Crippen LogP contribution in [0.1, 0.15) is 32.1 Å². The first kappa shape index (κ1) is 16.9. The molecule has 8 nitrogen and oxygen atoms in total. The third-order valence-corrected chi connectivity index (χ3v) is 4.75. The van der Waals surface area contributed by atoms with E-state index in [1.54, 1.807) is 12.7 Å². The summed E-state index contributed by atoms with van der Waals surface area (Å²) >= 11 is 0. The highest BCUT2D eigenvalue weighted by atomic mass is 16.2. The van der Waals surface area contributed by atoms with Gasteiger partial charge in [0.25, 0.3) is 0 Å². The van der Waals surface area contributed by atoms with Crippen molar-refractivity contribution in [3.63, 3.8) is 0 Å². The van der Waals surface area contributed by atoms with Gasteiger partial charge in [-0.25, -0.2) is 4.98 Å². The zero-order valence-corrected chi connectivity index (χ0v) is 14.0. The SMILES string of the molecule is O=C(CN1CCC[C@H](Cn2cncn2)C1)N[C@@H]1CCCCNC1=O. The molecular formula is C16H26N6O2. The first-order chi connectivity index (χ1) is 11.7. The number of rotatable bonds is 5. The molecule has 3 rings (SSSR count). The summed E-state index contributed by atoms with van der Waals surface area (Å²) in [7, 11) is 0. The van der Waals surface area contributed by atoms with Crippen LogP contribution in [0.3, 0.4) is 0 Å². The molecule has 0 bridgehead atoms. The maximum atomic E-state index is 12.3. The van der Waals surface area contributed by atoms with Gasteiger partial charge in [-0.2, -0.15) is 5.10 Å². The minimum absolute atomic E-state index is 0.0523. The highest BCUT2D eigenvalue weighted by molar-refractivity contribution is 5.88. The normalized spacial score (nSPS) is 25.8. The maximum Gasteiger partial charge on any atom is 0.242 e. The van der Waals surface area contributed by atoms with Crippen molar-refractivity contribution in [1.82, 2.24) is 30.3 Å². The van der Waals surface area contributed by atoms with Gasteiger partial charge in [0.15, 0.2) is 0 Å². The number of piperidine rings is 1. The Morgan fingerprint density at radius 3 is 3.08 bits per heavy atom. The molecular weight excluding hydrogens is 308 g/mol. The van der Waals surface area contributed by atoms with Crippen molar-refractivity contribution in [2.45, 2.75) is 44.7 Å². The monoisotopic (exact) mass is 334 g/mol. The zero-order chi connectivity index (χ0) is 16.8. The van der Waals surface area contributed by atoms with Crippen LogP contribution in [0.15, 0.2) is 12.7 Å². The number of aromatic nitrogens is 3. The van der Waals surface area contributed by atoms with Crippen LogP contribution in [0.25, 0.3) is 0 Å². The van der Waals surface area contributed by atoms with Crippen LogP contribution in [-0.2, 0) is 16.1 Å². The molecule has 0 saturated carbocycles. The molecule has 132 valence electrons. The van der Waals surface area contributed by atoms with Crippen molar-refractivity contribution in [2.75, 3.05) is 26.2 Å². The van der Waals surface area contributed by atoms with Gasteiger partial charge in [-0.3, -0.25) is 19.2 Å². The lowest BCUT2D eigenvalue weighted by Gasteiger charge is -2.32. The van der Waals surface area contributed by atoms with Gasteiger partial charge in [0, 0.05) is 19.6 Å². The van der Waals surface area contributed by atoms with Crippen LogP contribution in [-0.4, -0.2) is 63.7 Å². The van der Waals surface area contributed by atoms with E-state index in [-0.39, 0.29) is 17.9 Å². The van der Waals surface area contributed by atoms with Gasteiger partial charge in [0.1, 0.15) is 18.7 Å². The molecule has 2 atom stereocenters. The summed E-state index contributed by atoms with van der Waals surface area (Å²) in [6.07, 6.45) is 8.18. The maximum absolute atomic E-state index is 12.3. The Morgan fingerprint density at radius 2 is 2.25 bits per heavy atom. The van der Waals surface area contributed by atoms with Crippen LogP contribution in [0.4, 0.5) is 0 Å². The van der Waals surface area contributed by atoms with E-state index >= 15 is 0 Å². The molecule has 1 aromatic heterocycles. The number of hydrogen-bond donors (Lipinski definition) is 2. The number of nitrogens with zero attached hydrogens (tertiary/aromatic N) is 4. The van der Waals surface area contributed by atoms with Crippen LogP contribution in [0.5, 0.6) is 0 Å². The second-order valence-electron chi connectivity index (χ2n) is 6.77. The lowest BCUT2D eigenvalue weighted by Crippen LogP contribution is -2.50. The van der Waals surface area contributed by atoms with Gasteiger partial charge in [-0.1, -0.05) is 0 Å². The van der Waals surface area contributed by atoms with E-state index in [9.17, 15) is 9.59 Å². The van der Waals surface area contributed by atoms with Gasteiger partial charge >= 0.3 is 0 Å². The van der Waals surface area contributed by atoms with E-state index in [2.05, 4.69) is 25.6 Å². The topological polar surface area (TPSA) is 92.2 Å². The summed E-state index contributed by atoms with van der Waals surface area (Å²) in [6, 6.07) is -0.379. The number of likely N-dealkylation sites (tertiary alicyclic amines) is 1. The largest absolute Gasteiger partial charge is 0.354 e. The lowest BCUT2D eigenvalue weighted by atomic mass is 9.98. The van der Waals surface area contributed by atoms with Crippen LogP contribution < -0.4 is 10.6 Å². The average Bonchev–Trinajstić information content (AvgIpc) is 2.98. The minimum Gasteiger partial charge on any atom is -0.354 e. The van der Waals surface area contributed by atoms with Gasteiger partial charge < -0.3 is 10.6 Å². The molecule has 8 heteroatoms. The van der Waals surface area contributed by atoms with Crippen LogP contribution in [0, 0.1) is 5.92 Å². The van der Waals surface area contributed by atoms with Crippen molar-refractivity contribution in [2.24, 2.45) is 5.92 Å². The molecule has 0 unspecified atom stereocenters. The van der Waals surface area contributed by atoms with Crippen molar-refractivity contribution in [3.8, 4) is 0 Å². The third-order valence-electron chi connectivity index (χ3n) is 4.75. The van der Waals surface area contributed by atoms with Crippen LogP contribution >= 0.6 is 0 Å². The van der Waals surface area contributed by atoms with Crippen molar-refractivity contribution >= 4 is 11.8 Å². The highest BCUT2D eigenvalue weighted by Gasteiger charge is 2.25. The molecule has 24 heavy (non-hydrogen) atoms. The van der Waals surface area contributed by atoms with E-state index < -0.39 is 0 Å². The van der Waals surface area contributed by atoms with Crippen molar-refractivity contribution < 1.29 is 9.59 Å². The van der Waals surface area contributed by atoms with Crippen LogP contribution in [0.2, 0.25) is 0 Å². The van der Waals surface area contributed by atoms with E-state index in [1.165, 1.54) is 0 Å². The fourth-order valence-electron chi connectivity index (χ4n) is 3.56. The molecule has 2 aliphatic heterocycles. The number of nitrogens with one attached hydrogen (secondary N) is 2. The molecule has 0 radical (unpaired) electrons. The summed E-state index contributed by atoms with van der Waals surface area (Å²) in [6.45, 7) is 3.71. The van der Waals surface area contributed by atoms with E-state index in [0.717, 1.165) is 51.7 Å². The van der Waals surface area contributed by atoms with Crippen molar-refractivity contribution in [1.29, 1.82) is 0 Å². The Morgan fingerprint density at radius 1 is 1.33 bits per heavy atom. The standard InChI is InChI=1S/C16H26N6O2/c23-15(20-14-5-1-2-6-18-16(14)24)10-21-7-3-4-13(8-21)9-22-12-17-11-19-22/h11-14H,1-10H2,(H,18,24)(H,20,23)/t13-,14+/m0/s1. The van der Waals surface area contributed by atoms with Gasteiger partial charge in [-0.05, 0) is 44.6 Å². The molecule has 0 aromatic carbocycles. The number of carbonyl (C=O) groups is 2. The van der Waals surface area contributed by atoms with Gasteiger partial charge in [0.05, 0.1) is 6.54 Å². The number of amides is 2. The Bertz CT molecular complexity index is 547. The first-order valence-corrected chi connectivity index (χ1v) is 8.82.